The number of rotatable bonds is 0. The van der Waals surface area contributed by atoms with Crippen LogP contribution in [-0.2, 0) is 4.79 Å². The quantitative estimate of drug-likeness (QED) is 0.382. The zero-order chi connectivity index (χ0) is 8.23. The van der Waals surface area contributed by atoms with Crippen molar-refractivity contribution in [2.75, 3.05) is 26.2 Å². The van der Waals surface area contributed by atoms with Gasteiger partial charge in [0.2, 0.25) is 5.91 Å². The predicted octanol–water partition coefficient (Wildman–Crippen LogP) is -1.56. The molecular weight excluding hydrogens is 154 g/mol. The van der Waals surface area contributed by atoms with Crippen molar-refractivity contribution in [1.82, 2.24) is 16.0 Å². The normalized spacial score (nSPS) is 42.5. The van der Waals surface area contributed by atoms with E-state index in [1.54, 1.807) is 0 Å². The monoisotopic (exact) mass is 167 g/mol. The highest BCUT2D eigenvalue weighted by molar-refractivity contribution is 5.89. The molecule has 3 aliphatic heterocycles. The molecule has 0 radical (unpaired) electrons. The highest BCUT2D eigenvalue weighted by Crippen LogP contribution is 2.40. The molecule has 3 saturated heterocycles. The SMILES string of the molecule is O=C1NCC12CNC1(CNC1)C2. The maximum Gasteiger partial charge on any atom is 0.229 e. The van der Waals surface area contributed by atoms with Gasteiger partial charge in [0, 0.05) is 31.7 Å². The van der Waals surface area contributed by atoms with Crippen LogP contribution in [-0.4, -0.2) is 37.6 Å². The molecule has 0 aliphatic carbocycles. The van der Waals surface area contributed by atoms with E-state index in [9.17, 15) is 4.79 Å². The van der Waals surface area contributed by atoms with Gasteiger partial charge < -0.3 is 16.0 Å². The third kappa shape index (κ3) is 0.630. The molecule has 0 aromatic rings. The molecule has 0 aromatic heterocycles. The first-order valence-electron chi connectivity index (χ1n) is 4.49. The maximum atomic E-state index is 11.3. The van der Waals surface area contributed by atoms with Crippen molar-refractivity contribution < 1.29 is 4.79 Å². The van der Waals surface area contributed by atoms with E-state index < -0.39 is 0 Å². The molecule has 0 aromatic carbocycles. The van der Waals surface area contributed by atoms with Crippen molar-refractivity contribution in [2.45, 2.75) is 12.0 Å². The second-order valence-electron chi connectivity index (χ2n) is 4.38. The average Bonchev–Trinajstić information content (AvgIpc) is 2.43. The Balaban J connectivity index is 1.81. The summed E-state index contributed by atoms with van der Waals surface area (Å²) >= 11 is 0. The van der Waals surface area contributed by atoms with Crippen molar-refractivity contribution >= 4 is 5.91 Å². The fourth-order valence-electron chi connectivity index (χ4n) is 2.50. The molecular formula is C8H13N3O. The van der Waals surface area contributed by atoms with Crippen LogP contribution in [0.4, 0.5) is 0 Å². The van der Waals surface area contributed by atoms with Gasteiger partial charge in [-0.1, -0.05) is 0 Å². The number of nitrogens with one attached hydrogen (secondary N) is 3. The number of β-lactam (4-membered cyclic amide) rings is 1. The lowest BCUT2D eigenvalue weighted by Crippen LogP contribution is -2.65. The summed E-state index contributed by atoms with van der Waals surface area (Å²) in [5, 5.41) is 9.55. The van der Waals surface area contributed by atoms with Crippen molar-refractivity contribution in [3.8, 4) is 0 Å². The molecule has 1 atom stereocenters. The van der Waals surface area contributed by atoms with E-state index in [0.29, 0.717) is 0 Å². The van der Waals surface area contributed by atoms with Crippen LogP contribution < -0.4 is 16.0 Å². The number of carbonyl (C=O) groups is 1. The van der Waals surface area contributed by atoms with E-state index >= 15 is 0 Å². The van der Waals surface area contributed by atoms with Gasteiger partial charge in [-0.25, -0.2) is 0 Å². The fourth-order valence-corrected chi connectivity index (χ4v) is 2.50. The summed E-state index contributed by atoms with van der Waals surface area (Å²) in [7, 11) is 0. The van der Waals surface area contributed by atoms with Gasteiger partial charge in [-0.2, -0.15) is 0 Å². The van der Waals surface area contributed by atoms with Crippen LogP contribution >= 0.6 is 0 Å². The van der Waals surface area contributed by atoms with Crippen LogP contribution in [0.25, 0.3) is 0 Å². The van der Waals surface area contributed by atoms with Gasteiger partial charge >= 0.3 is 0 Å². The molecule has 0 saturated carbocycles. The minimum absolute atomic E-state index is 0.0396. The van der Waals surface area contributed by atoms with Gasteiger partial charge in [0.15, 0.2) is 0 Å². The Bertz CT molecular complexity index is 249. The van der Waals surface area contributed by atoms with E-state index in [4.69, 9.17) is 0 Å². The zero-order valence-electron chi connectivity index (χ0n) is 6.94. The number of hydrogen-bond donors (Lipinski definition) is 3. The number of amides is 1. The highest BCUT2D eigenvalue weighted by atomic mass is 16.2. The molecule has 12 heavy (non-hydrogen) atoms. The van der Waals surface area contributed by atoms with Gasteiger partial charge in [0.25, 0.3) is 0 Å². The zero-order valence-corrected chi connectivity index (χ0v) is 6.94. The second kappa shape index (κ2) is 1.83. The van der Waals surface area contributed by atoms with Gasteiger partial charge in [-0.05, 0) is 6.42 Å². The Kier molecular flexibility index (Phi) is 1.04. The maximum absolute atomic E-state index is 11.3. The van der Waals surface area contributed by atoms with E-state index in [1.165, 1.54) is 0 Å². The lowest BCUT2D eigenvalue weighted by molar-refractivity contribution is -0.138. The van der Waals surface area contributed by atoms with E-state index in [1.807, 2.05) is 0 Å². The number of hydrogen-bond acceptors (Lipinski definition) is 3. The van der Waals surface area contributed by atoms with Crippen molar-refractivity contribution in [1.29, 1.82) is 0 Å². The largest absolute Gasteiger partial charge is 0.354 e. The Morgan fingerprint density at radius 2 is 2.00 bits per heavy atom. The molecule has 2 spiro atoms. The average molecular weight is 167 g/mol. The summed E-state index contributed by atoms with van der Waals surface area (Å²) in [6.45, 7) is 3.81. The summed E-state index contributed by atoms with van der Waals surface area (Å²) in [4.78, 5) is 11.3. The second-order valence-corrected chi connectivity index (χ2v) is 4.38. The van der Waals surface area contributed by atoms with Crippen molar-refractivity contribution in [3.05, 3.63) is 0 Å². The molecule has 4 nitrogen and oxygen atoms in total. The Morgan fingerprint density at radius 1 is 1.17 bits per heavy atom. The minimum Gasteiger partial charge on any atom is -0.354 e. The van der Waals surface area contributed by atoms with Crippen LogP contribution in [0.15, 0.2) is 0 Å². The van der Waals surface area contributed by atoms with Crippen LogP contribution in [0.1, 0.15) is 6.42 Å². The third-order valence-electron chi connectivity index (χ3n) is 3.47. The molecule has 0 bridgehead atoms. The highest BCUT2D eigenvalue weighted by Gasteiger charge is 2.58. The van der Waals surface area contributed by atoms with Gasteiger partial charge in [-0.15, -0.1) is 0 Å². The van der Waals surface area contributed by atoms with Crippen LogP contribution in [0.2, 0.25) is 0 Å². The summed E-state index contributed by atoms with van der Waals surface area (Å²) in [6.07, 6.45) is 1.03. The van der Waals surface area contributed by atoms with Crippen LogP contribution in [0, 0.1) is 5.41 Å². The molecule has 3 aliphatic rings. The van der Waals surface area contributed by atoms with E-state index in [-0.39, 0.29) is 16.9 Å². The first kappa shape index (κ1) is 6.86. The molecule has 66 valence electrons. The molecule has 1 amide bonds. The smallest absolute Gasteiger partial charge is 0.229 e. The third-order valence-corrected chi connectivity index (χ3v) is 3.47. The molecule has 3 N–H and O–H groups in total. The topological polar surface area (TPSA) is 53.2 Å². The summed E-state index contributed by atoms with van der Waals surface area (Å²) in [5.41, 5.74) is 0.222. The summed E-state index contributed by atoms with van der Waals surface area (Å²) < 4.78 is 0. The molecule has 3 heterocycles. The molecule has 3 rings (SSSR count). The minimum atomic E-state index is -0.0396. The predicted molar refractivity (Wildman–Crippen MR) is 43.7 cm³/mol. The first-order valence-corrected chi connectivity index (χ1v) is 4.49. The Morgan fingerprint density at radius 3 is 2.25 bits per heavy atom. The van der Waals surface area contributed by atoms with Crippen LogP contribution in [0.3, 0.4) is 0 Å². The van der Waals surface area contributed by atoms with Gasteiger partial charge in [-0.3, -0.25) is 4.79 Å². The molecule has 1 unspecified atom stereocenters. The van der Waals surface area contributed by atoms with E-state index in [0.717, 1.165) is 32.6 Å². The lowest BCUT2D eigenvalue weighted by Gasteiger charge is -2.43. The number of carbonyl (C=O) groups excluding carboxylic acids is 1. The lowest BCUT2D eigenvalue weighted by atomic mass is 9.73. The first-order chi connectivity index (χ1) is 5.75. The molecule has 4 heteroatoms. The summed E-state index contributed by atoms with van der Waals surface area (Å²) in [5.74, 6) is 0.249. The summed E-state index contributed by atoms with van der Waals surface area (Å²) in [6, 6.07) is 0. The van der Waals surface area contributed by atoms with E-state index in [2.05, 4.69) is 16.0 Å². The van der Waals surface area contributed by atoms with Crippen molar-refractivity contribution in [2.24, 2.45) is 5.41 Å². The van der Waals surface area contributed by atoms with Crippen molar-refractivity contribution in [3.63, 3.8) is 0 Å². The standard InChI is InChI=1S/C8H13N3O/c12-6-7(2-10-6)1-8(11-3-7)4-9-5-8/h9,11H,1-5H2,(H,10,12). The van der Waals surface area contributed by atoms with Crippen LogP contribution in [0.5, 0.6) is 0 Å². The van der Waals surface area contributed by atoms with Gasteiger partial charge in [0.1, 0.15) is 0 Å². The Hall–Kier alpha value is -0.610. The Labute approximate surface area is 71.1 Å². The van der Waals surface area contributed by atoms with Gasteiger partial charge in [0.05, 0.1) is 5.41 Å². The molecule has 3 fully saturated rings. The fraction of sp³-hybridized carbons (Fsp3) is 0.875.